The van der Waals surface area contributed by atoms with Crippen molar-refractivity contribution in [2.24, 2.45) is 5.73 Å². The molecule has 1 fully saturated rings. The molecule has 3 unspecified atom stereocenters. The van der Waals surface area contributed by atoms with E-state index in [0.29, 0.717) is 25.6 Å². The molecule has 1 aliphatic rings. The normalized spacial score (nSPS) is 27.8. The van der Waals surface area contributed by atoms with E-state index in [1.807, 2.05) is 0 Å². The van der Waals surface area contributed by atoms with Crippen molar-refractivity contribution in [2.45, 2.75) is 38.5 Å². The van der Waals surface area contributed by atoms with Gasteiger partial charge in [-0.25, -0.2) is 0 Å². The molecular formula is C12H25N3O2. The molecule has 1 heterocycles. The molecular weight excluding hydrogens is 218 g/mol. The first-order valence-corrected chi connectivity index (χ1v) is 6.23. The van der Waals surface area contributed by atoms with E-state index in [4.69, 9.17) is 10.5 Å². The number of amides is 1. The summed E-state index contributed by atoms with van der Waals surface area (Å²) >= 11 is 0. The monoisotopic (exact) mass is 243 g/mol. The highest BCUT2D eigenvalue weighted by Gasteiger charge is 2.30. The van der Waals surface area contributed by atoms with E-state index in [1.165, 1.54) is 0 Å². The van der Waals surface area contributed by atoms with Gasteiger partial charge in [0.1, 0.15) is 0 Å². The third-order valence-corrected chi connectivity index (χ3v) is 3.31. The molecule has 3 atom stereocenters. The molecule has 0 aromatic heterocycles. The summed E-state index contributed by atoms with van der Waals surface area (Å²) in [6.07, 6.45) is 0.704. The lowest BCUT2D eigenvalue weighted by Gasteiger charge is -2.41. The molecule has 0 aromatic rings. The van der Waals surface area contributed by atoms with Gasteiger partial charge in [0.2, 0.25) is 5.91 Å². The maximum absolute atomic E-state index is 11.8. The number of hydrogen-bond donors (Lipinski definition) is 1. The summed E-state index contributed by atoms with van der Waals surface area (Å²) in [4.78, 5) is 15.7. The number of hydrogen-bond acceptors (Lipinski definition) is 4. The first-order valence-electron chi connectivity index (χ1n) is 6.23. The molecule has 1 aliphatic heterocycles. The highest BCUT2D eigenvalue weighted by atomic mass is 16.5. The highest BCUT2D eigenvalue weighted by Crippen LogP contribution is 2.16. The van der Waals surface area contributed by atoms with Crippen LogP contribution in [0.2, 0.25) is 0 Å². The summed E-state index contributed by atoms with van der Waals surface area (Å²) in [7, 11) is 3.56. The van der Waals surface area contributed by atoms with Crippen LogP contribution >= 0.6 is 0 Å². The summed E-state index contributed by atoms with van der Waals surface area (Å²) in [5.74, 6) is 0.131. The van der Waals surface area contributed by atoms with Crippen LogP contribution in [0.1, 0.15) is 20.3 Å². The topological polar surface area (TPSA) is 58.8 Å². The molecule has 1 amide bonds. The van der Waals surface area contributed by atoms with Crippen molar-refractivity contribution in [3.8, 4) is 0 Å². The summed E-state index contributed by atoms with van der Waals surface area (Å²) in [5.41, 5.74) is 5.81. The van der Waals surface area contributed by atoms with Gasteiger partial charge in [-0.1, -0.05) is 0 Å². The Labute approximate surface area is 104 Å². The minimum absolute atomic E-state index is 0.117. The van der Waals surface area contributed by atoms with Crippen LogP contribution in [0.3, 0.4) is 0 Å². The third kappa shape index (κ3) is 3.94. The molecule has 0 radical (unpaired) electrons. The lowest BCUT2D eigenvalue weighted by molar-refractivity contribution is -0.131. The molecule has 0 aromatic carbocycles. The number of ether oxygens (including phenoxy) is 1. The SMILES string of the molecule is CC1CN(C(CN)CC(=O)N(C)C)C(C)CO1. The lowest BCUT2D eigenvalue weighted by Crippen LogP contribution is -2.55. The number of morpholine rings is 1. The summed E-state index contributed by atoms with van der Waals surface area (Å²) < 4.78 is 5.59. The van der Waals surface area contributed by atoms with Gasteiger partial charge >= 0.3 is 0 Å². The second-order valence-corrected chi connectivity index (χ2v) is 5.07. The van der Waals surface area contributed by atoms with Gasteiger partial charge in [0, 0.05) is 45.7 Å². The number of nitrogens with zero attached hydrogens (tertiary/aromatic N) is 2. The Kier molecular flexibility index (Phi) is 5.36. The van der Waals surface area contributed by atoms with Crippen LogP contribution in [0.25, 0.3) is 0 Å². The van der Waals surface area contributed by atoms with Crippen LogP contribution in [-0.4, -0.2) is 67.7 Å². The molecule has 5 nitrogen and oxygen atoms in total. The van der Waals surface area contributed by atoms with Crippen molar-refractivity contribution in [3.63, 3.8) is 0 Å². The van der Waals surface area contributed by atoms with Crippen molar-refractivity contribution in [1.29, 1.82) is 0 Å². The molecule has 5 heteroatoms. The third-order valence-electron chi connectivity index (χ3n) is 3.31. The van der Waals surface area contributed by atoms with Gasteiger partial charge in [-0.2, -0.15) is 0 Å². The predicted molar refractivity (Wildman–Crippen MR) is 67.7 cm³/mol. The van der Waals surface area contributed by atoms with E-state index in [2.05, 4.69) is 18.7 Å². The fourth-order valence-corrected chi connectivity index (χ4v) is 2.16. The van der Waals surface area contributed by atoms with Crippen molar-refractivity contribution in [1.82, 2.24) is 9.80 Å². The predicted octanol–water partition coefficient (Wildman–Crippen LogP) is -0.0988. The van der Waals surface area contributed by atoms with Crippen molar-refractivity contribution >= 4 is 5.91 Å². The Hall–Kier alpha value is -0.650. The van der Waals surface area contributed by atoms with Crippen LogP contribution in [0.15, 0.2) is 0 Å². The quantitative estimate of drug-likeness (QED) is 0.749. The van der Waals surface area contributed by atoms with Crippen LogP contribution < -0.4 is 5.73 Å². The molecule has 0 spiro atoms. The first kappa shape index (κ1) is 14.4. The zero-order valence-electron chi connectivity index (χ0n) is 11.3. The van der Waals surface area contributed by atoms with Gasteiger partial charge < -0.3 is 15.4 Å². The lowest BCUT2D eigenvalue weighted by atomic mass is 10.1. The fourth-order valence-electron chi connectivity index (χ4n) is 2.16. The molecule has 0 aliphatic carbocycles. The van der Waals surface area contributed by atoms with Crippen LogP contribution in [-0.2, 0) is 9.53 Å². The van der Waals surface area contributed by atoms with Gasteiger partial charge in [0.25, 0.3) is 0 Å². The number of nitrogens with two attached hydrogens (primary N) is 1. The molecule has 0 saturated carbocycles. The summed E-state index contributed by atoms with van der Waals surface area (Å²) in [6, 6.07) is 0.445. The standard InChI is InChI=1S/C12H25N3O2/c1-9-8-17-10(2)7-15(9)11(6-13)5-12(16)14(3)4/h9-11H,5-8,13H2,1-4H3. The largest absolute Gasteiger partial charge is 0.376 e. The van der Waals surface area contributed by atoms with Crippen LogP contribution in [0.4, 0.5) is 0 Å². The van der Waals surface area contributed by atoms with Crippen LogP contribution in [0.5, 0.6) is 0 Å². The molecule has 100 valence electrons. The molecule has 0 bridgehead atoms. The average molecular weight is 243 g/mol. The number of rotatable bonds is 4. The van der Waals surface area contributed by atoms with Crippen molar-refractivity contribution in [2.75, 3.05) is 33.8 Å². The summed E-state index contributed by atoms with van der Waals surface area (Å²) in [6.45, 7) is 6.25. The van der Waals surface area contributed by atoms with E-state index in [1.54, 1.807) is 19.0 Å². The maximum atomic E-state index is 11.8. The Morgan fingerprint density at radius 1 is 1.53 bits per heavy atom. The Balaban J connectivity index is 2.62. The van der Waals surface area contributed by atoms with Crippen molar-refractivity contribution in [3.05, 3.63) is 0 Å². The Morgan fingerprint density at radius 2 is 2.18 bits per heavy atom. The van der Waals surface area contributed by atoms with E-state index < -0.39 is 0 Å². The first-order chi connectivity index (χ1) is 7.95. The van der Waals surface area contributed by atoms with Crippen molar-refractivity contribution < 1.29 is 9.53 Å². The van der Waals surface area contributed by atoms with E-state index in [-0.39, 0.29) is 18.1 Å². The zero-order valence-corrected chi connectivity index (χ0v) is 11.3. The minimum Gasteiger partial charge on any atom is -0.376 e. The van der Waals surface area contributed by atoms with E-state index >= 15 is 0 Å². The molecule has 1 rings (SSSR count). The molecule has 17 heavy (non-hydrogen) atoms. The van der Waals surface area contributed by atoms with Gasteiger partial charge in [-0.05, 0) is 13.8 Å². The average Bonchev–Trinajstić information content (AvgIpc) is 2.29. The van der Waals surface area contributed by atoms with Gasteiger partial charge in [0.15, 0.2) is 0 Å². The zero-order chi connectivity index (χ0) is 13.0. The van der Waals surface area contributed by atoms with E-state index in [9.17, 15) is 4.79 Å². The van der Waals surface area contributed by atoms with E-state index in [0.717, 1.165) is 6.54 Å². The fraction of sp³-hybridized carbons (Fsp3) is 0.917. The smallest absolute Gasteiger partial charge is 0.223 e. The molecule has 2 N–H and O–H groups in total. The minimum atomic E-state index is 0.117. The maximum Gasteiger partial charge on any atom is 0.223 e. The number of carbonyl (C=O) groups excluding carboxylic acids is 1. The van der Waals surface area contributed by atoms with Gasteiger partial charge in [-0.15, -0.1) is 0 Å². The second kappa shape index (κ2) is 6.33. The van der Waals surface area contributed by atoms with Gasteiger partial charge in [-0.3, -0.25) is 9.69 Å². The highest BCUT2D eigenvalue weighted by molar-refractivity contribution is 5.76. The summed E-state index contributed by atoms with van der Waals surface area (Å²) in [5, 5.41) is 0. The number of carbonyl (C=O) groups is 1. The van der Waals surface area contributed by atoms with Crippen LogP contribution in [0, 0.1) is 0 Å². The molecule has 1 saturated heterocycles. The second-order valence-electron chi connectivity index (χ2n) is 5.07. The Morgan fingerprint density at radius 3 is 2.71 bits per heavy atom. The van der Waals surface area contributed by atoms with Gasteiger partial charge in [0.05, 0.1) is 12.7 Å². The Bertz CT molecular complexity index is 258.